The molecule has 134 valence electrons. The number of hydrogen-bond acceptors (Lipinski definition) is 3. The molecule has 3 aromatic carbocycles. The van der Waals surface area contributed by atoms with Gasteiger partial charge in [0.25, 0.3) is 0 Å². The van der Waals surface area contributed by atoms with Gasteiger partial charge < -0.3 is 5.11 Å². The third-order valence-electron chi connectivity index (χ3n) is 4.90. The Bertz CT molecular complexity index is 1340. The molecule has 0 aliphatic heterocycles. The minimum absolute atomic E-state index is 0.0238. The topological polar surface area (TPSA) is 54.6 Å². The lowest BCUT2D eigenvalue weighted by molar-refractivity contribution is 0.103. The van der Waals surface area contributed by atoms with Crippen molar-refractivity contribution in [1.29, 1.82) is 0 Å². The second-order valence-corrected chi connectivity index (χ2v) is 6.65. The van der Waals surface area contributed by atoms with Crippen LogP contribution in [0.3, 0.4) is 0 Å². The first kappa shape index (κ1) is 16.3. The molecule has 0 aliphatic carbocycles. The first-order valence-electron chi connectivity index (χ1n) is 9.01. The lowest BCUT2D eigenvalue weighted by Gasteiger charge is -2.09. The number of nitrogens with zero attached hydrogens (tertiary/aromatic N) is 2. The quantitative estimate of drug-likeness (QED) is 0.454. The lowest BCUT2D eigenvalue weighted by Crippen LogP contribution is -2.04. The number of aromatic hydroxyl groups is 1. The van der Waals surface area contributed by atoms with Crippen LogP contribution < -0.4 is 0 Å². The molecule has 0 aliphatic rings. The summed E-state index contributed by atoms with van der Waals surface area (Å²) in [5.41, 5.74) is 5.23. The molecule has 0 unspecified atom stereocenters. The van der Waals surface area contributed by atoms with Crippen molar-refractivity contribution in [2.75, 3.05) is 0 Å². The average molecular weight is 364 g/mol. The molecule has 2 heterocycles. The molecule has 0 atom stereocenters. The maximum absolute atomic E-state index is 13.2. The number of benzene rings is 3. The van der Waals surface area contributed by atoms with Crippen molar-refractivity contribution in [3.63, 3.8) is 0 Å². The third kappa shape index (κ3) is 2.55. The van der Waals surface area contributed by atoms with Crippen molar-refractivity contribution >= 4 is 22.5 Å². The van der Waals surface area contributed by atoms with E-state index in [2.05, 4.69) is 0 Å². The monoisotopic (exact) mass is 364 g/mol. The van der Waals surface area contributed by atoms with Gasteiger partial charge in [-0.05, 0) is 35.9 Å². The van der Waals surface area contributed by atoms with Gasteiger partial charge in [-0.15, -0.1) is 0 Å². The fourth-order valence-electron chi connectivity index (χ4n) is 3.54. The second kappa shape index (κ2) is 6.35. The predicted molar refractivity (Wildman–Crippen MR) is 110 cm³/mol. The number of pyridine rings is 1. The molecular formula is C24H16N2O2. The zero-order chi connectivity index (χ0) is 19.1. The van der Waals surface area contributed by atoms with Gasteiger partial charge in [0.15, 0.2) is 5.78 Å². The molecule has 0 saturated carbocycles. The van der Waals surface area contributed by atoms with E-state index < -0.39 is 0 Å². The number of ketones is 1. The lowest BCUT2D eigenvalue weighted by atomic mass is 9.99. The van der Waals surface area contributed by atoms with Crippen molar-refractivity contribution < 1.29 is 9.90 Å². The van der Waals surface area contributed by atoms with Crippen LogP contribution in [0.5, 0.6) is 5.75 Å². The maximum Gasteiger partial charge on any atom is 0.198 e. The number of hydrogen-bond donors (Lipinski definition) is 1. The number of aromatic nitrogens is 2. The molecule has 28 heavy (non-hydrogen) atoms. The van der Waals surface area contributed by atoms with Crippen molar-refractivity contribution in [3.05, 3.63) is 102 Å². The molecular weight excluding hydrogens is 348 g/mol. The summed E-state index contributed by atoms with van der Waals surface area (Å²) in [6.45, 7) is 0. The van der Waals surface area contributed by atoms with Gasteiger partial charge in [0.1, 0.15) is 11.4 Å². The highest BCUT2D eigenvalue weighted by molar-refractivity contribution is 6.11. The van der Waals surface area contributed by atoms with Crippen LogP contribution in [-0.2, 0) is 0 Å². The van der Waals surface area contributed by atoms with Gasteiger partial charge in [-0.1, -0.05) is 54.6 Å². The number of carbonyl (C=O) groups is 1. The van der Waals surface area contributed by atoms with Crippen molar-refractivity contribution in [2.24, 2.45) is 0 Å². The van der Waals surface area contributed by atoms with E-state index in [0.717, 1.165) is 27.8 Å². The van der Waals surface area contributed by atoms with Crippen LogP contribution >= 0.6 is 0 Å². The van der Waals surface area contributed by atoms with Gasteiger partial charge in [-0.25, -0.2) is 4.98 Å². The Kier molecular flexibility index (Phi) is 3.69. The summed E-state index contributed by atoms with van der Waals surface area (Å²) < 4.78 is 1.95. The first-order valence-corrected chi connectivity index (χ1v) is 9.01. The summed E-state index contributed by atoms with van der Waals surface area (Å²) in [6.07, 6.45) is 1.80. The van der Waals surface area contributed by atoms with Gasteiger partial charge in [-0.2, -0.15) is 0 Å². The van der Waals surface area contributed by atoms with E-state index in [1.54, 1.807) is 24.4 Å². The van der Waals surface area contributed by atoms with Crippen molar-refractivity contribution in [2.45, 2.75) is 0 Å². The second-order valence-electron chi connectivity index (χ2n) is 6.65. The molecule has 0 saturated heterocycles. The van der Waals surface area contributed by atoms with Gasteiger partial charge in [0, 0.05) is 17.3 Å². The smallest absolute Gasteiger partial charge is 0.198 e. The summed E-state index contributed by atoms with van der Waals surface area (Å²) in [5.74, 6) is -0.251. The van der Waals surface area contributed by atoms with E-state index in [4.69, 9.17) is 4.98 Å². The molecule has 0 spiro atoms. The minimum Gasteiger partial charge on any atom is -0.507 e. The number of carbonyl (C=O) groups excluding carboxylic acids is 1. The Morgan fingerprint density at radius 2 is 1.57 bits per heavy atom. The molecule has 4 heteroatoms. The third-order valence-corrected chi connectivity index (χ3v) is 4.90. The van der Waals surface area contributed by atoms with Crippen LogP contribution in [0, 0.1) is 0 Å². The van der Waals surface area contributed by atoms with Crippen LogP contribution in [0.2, 0.25) is 0 Å². The summed E-state index contributed by atoms with van der Waals surface area (Å²) in [4.78, 5) is 17.9. The summed E-state index contributed by atoms with van der Waals surface area (Å²) in [5, 5.41) is 10.1. The largest absolute Gasteiger partial charge is 0.507 e. The SMILES string of the molecule is O=C(c1cc(-c2ccccc2)c2nc3ccccc3n2c1)c1ccccc1O. The first-order chi connectivity index (χ1) is 13.7. The van der Waals surface area contributed by atoms with Crippen LogP contribution in [0.15, 0.2) is 91.1 Å². The molecule has 0 amide bonds. The van der Waals surface area contributed by atoms with E-state index in [1.807, 2.05) is 65.1 Å². The molecule has 0 bridgehead atoms. The number of phenolic OH excluding ortho intramolecular Hbond substituents is 1. The van der Waals surface area contributed by atoms with Gasteiger partial charge in [0.2, 0.25) is 0 Å². The Labute approximate surface area is 161 Å². The predicted octanol–water partition coefficient (Wildman–Crippen LogP) is 5.09. The average Bonchev–Trinajstić information content (AvgIpc) is 3.12. The highest BCUT2D eigenvalue weighted by Gasteiger charge is 2.18. The normalized spacial score (nSPS) is 11.1. The van der Waals surface area contributed by atoms with Crippen LogP contribution in [0.25, 0.3) is 27.8 Å². The standard InChI is InChI=1S/C24H16N2O2/c27-22-13-7-4-10-18(22)23(28)17-14-19(16-8-2-1-3-9-16)24-25-20-11-5-6-12-21(20)26(24)15-17/h1-15,27H. The molecule has 4 nitrogen and oxygen atoms in total. The van der Waals surface area contributed by atoms with Gasteiger partial charge in [0.05, 0.1) is 16.6 Å². The summed E-state index contributed by atoms with van der Waals surface area (Å²) >= 11 is 0. The van der Waals surface area contributed by atoms with Gasteiger partial charge >= 0.3 is 0 Å². The Morgan fingerprint density at radius 3 is 2.39 bits per heavy atom. The summed E-state index contributed by atoms with van der Waals surface area (Å²) in [7, 11) is 0. The van der Waals surface area contributed by atoms with E-state index in [1.165, 1.54) is 6.07 Å². The number of rotatable bonds is 3. The van der Waals surface area contributed by atoms with Crippen LogP contribution in [-0.4, -0.2) is 20.3 Å². The molecule has 2 aromatic heterocycles. The molecule has 0 fully saturated rings. The minimum atomic E-state index is -0.227. The molecule has 5 rings (SSSR count). The Hall–Kier alpha value is -3.92. The Balaban J connectivity index is 1.82. The molecule has 1 N–H and O–H groups in total. The highest BCUT2D eigenvalue weighted by Crippen LogP contribution is 2.30. The number of imidazole rings is 1. The van der Waals surface area contributed by atoms with Gasteiger partial charge in [-0.3, -0.25) is 9.20 Å². The summed E-state index contributed by atoms with van der Waals surface area (Å²) in [6, 6.07) is 26.2. The highest BCUT2D eigenvalue weighted by atomic mass is 16.3. The molecule has 5 aromatic rings. The number of fused-ring (bicyclic) bond motifs is 3. The number of para-hydroxylation sites is 3. The molecule has 0 radical (unpaired) electrons. The van der Waals surface area contributed by atoms with E-state index in [0.29, 0.717) is 5.56 Å². The number of phenols is 1. The van der Waals surface area contributed by atoms with Crippen LogP contribution in [0.1, 0.15) is 15.9 Å². The van der Waals surface area contributed by atoms with E-state index >= 15 is 0 Å². The van der Waals surface area contributed by atoms with Crippen molar-refractivity contribution in [3.8, 4) is 16.9 Å². The van der Waals surface area contributed by atoms with E-state index in [9.17, 15) is 9.90 Å². The van der Waals surface area contributed by atoms with Crippen molar-refractivity contribution in [1.82, 2.24) is 9.38 Å². The van der Waals surface area contributed by atoms with E-state index in [-0.39, 0.29) is 17.1 Å². The fourth-order valence-corrected chi connectivity index (χ4v) is 3.54. The fraction of sp³-hybridized carbons (Fsp3) is 0. The zero-order valence-electron chi connectivity index (χ0n) is 14.9. The Morgan fingerprint density at radius 1 is 0.857 bits per heavy atom. The zero-order valence-corrected chi connectivity index (χ0v) is 14.9. The maximum atomic E-state index is 13.2. The van der Waals surface area contributed by atoms with Crippen LogP contribution in [0.4, 0.5) is 0 Å².